The number of aromatic nitrogens is 3. The number of nitrogens with one attached hydrogen (secondary N) is 1. The van der Waals surface area contributed by atoms with E-state index in [1.165, 1.54) is 24.1 Å². The Balaban J connectivity index is 1.49. The second-order valence-electron chi connectivity index (χ2n) is 7.04. The molecule has 0 aliphatic heterocycles. The van der Waals surface area contributed by atoms with Crippen molar-refractivity contribution in [3.63, 3.8) is 0 Å². The quantitative estimate of drug-likeness (QED) is 0.610. The summed E-state index contributed by atoms with van der Waals surface area (Å²) in [5.41, 5.74) is 5.33. The molecule has 29 heavy (non-hydrogen) atoms. The van der Waals surface area contributed by atoms with Crippen molar-refractivity contribution in [3.8, 4) is 17.0 Å². The normalized spacial score (nSPS) is 13.0. The summed E-state index contributed by atoms with van der Waals surface area (Å²) in [5.74, 6) is 0.521. The Morgan fingerprint density at radius 2 is 2.00 bits per heavy atom. The van der Waals surface area contributed by atoms with Gasteiger partial charge in [0.1, 0.15) is 5.75 Å². The topological polar surface area (TPSA) is 69.0 Å². The van der Waals surface area contributed by atoms with E-state index in [1.807, 2.05) is 24.3 Å². The molecule has 6 nitrogen and oxygen atoms in total. The maximum absolute atomic E-state index is 12.6. The number of ether oxygens (including phenoxy) is 1. The first-order valence-corrected chi connectivity index (χ1v) is 10.6. The number of amides is 1. The molecule has 1 amide bonds. The van der Waals surface area contributed by atoms with Gasteiger partial charge in [-0.05, 0) is 71.9 Å². The predicted octanol–water partition coefficient (Wildman–Crippen LogP) is 4.03. The van der Waals surface area contributed by atoms with E-state index >= 15 is 0 Å². The fraction of sp³-hybridized carbons (Fsp3) is 0.318. The summed E-state index contributed by atoms with van der Waals surface area (Å²) < 4.78 is 8.02. The minimum atomic E-state index is -0.133. The highest BCUT2D eigenvalue weighted by Crippen LogP contribution is 2.31. The highest BCUT2D eigenvalue weighted by molar-refractivity contribution is 9.10. The zero-order valence-corrected chi connectivity index (χ0v) is 17.9. The Bertz CT molecular complexity index is 1020. The molecule has 0 atom stereocenters. The van der Waals surface area contributed by atoms with Gasteiger partial charge in [0.2, 0.25) is 0 Å². The molecule has 7 heteroatoms. The van der Waals surface area contributed by atoms with E-state index in [0.29, 0.717) is 24.4 Å². The second kappa shape index (κ2) is 8.78. The number of methoxy groups -OCH3 is 1. The molecular formula is C22H23BrN4O2. The third kappa shape index (κ3) is 4.19. The van der Waals surface area contributed by atoms with Gasteiger partial charge in [-0.2, -0.15) is 5.10 Å². The molecule has 2 heterocycles. The van der Waals surface area contributed by atoms with Crippen LogP contribution < -0.4 is 10.1 Å². The van der Waals surface area contributed by atoms with Crippen LogP contribution in [0.15, 0.2) is 47.2 Å². The van der Waals surface area contributed by atoms with E-state index in [4.69, 9.17) is 9.84 Å². The molecule has 1 aliphatic rings. The highest BCUT2D eigenvalue weighted by atomic mass is 79.9. The van der Waals surface area contributed by atoms with Gasteiger partial charge in [0.05, 0.1) is 24.9 Å². The van der Waals surface area contributed by atoms with Crippen molar-refractivity contribution in [2.24, 2.45) is 0 Å². The number of rotatable bonds is 6. The van der Waals surface area contributed by atoms with E-state index in [9.17, 15) is 4.79 Å². The number of fused-ring (bicyclic) bond motifs is 1. The molecule has 0 unspecified atom stereocenters. The van der Waals surface area contributed by atoms with E-state index in [2.05, 4.69) is 30.9 Å². The van der Waals surface area contributed by atoms with Crippen LogP contribution >= 0.6 is 15.9 Å². The number of halogens is 1. The molecule has 0 saturated heterocycles. The maximum Gasteiger partial charge on any atom is 0.252 e. The van der Waals surface area contributed by atoms with Gasteiger partial charge in [0, 0.05) is 40.2 Å². The van der Waals surface area contributed by atoms with Gasteiger partial charge in [-0.25, -0.2) is 0 Å². The number of carbonyl (C=O) groups is 1. The van der Waals surface area contributed by atoms with Gasteiger partial charge in [0.15, 0.2) is 0 Å². The van der Waals surface area contributed by atoms with Crippen LogP contribution in [-0.2, 0) is 19.4 Å². The standard InChI is InChI=1S/C22H23BrN4O2/c1-29-16-6-7-19(23)18(14-16)22(28)25-12-13-27-20-5-3-2-4-17(20)21(26-27)15-8-10-24-11-9-15/h6-11,14H,2-5,12-13H2,1H3,(H,25,28). The molecule has 1 aliphatic carbocycles. The molecule has 0 spiro atoms. The van der Waals surface area contributed by atoms with Gasteiger partial charge in [-0.3, -0.25) is 14.5 Å². The average Bonchev–Trinajstić information content (AvgIpc) is 3.13. The minimum Gasteiger partial charge on any atom is -0.497 e. The molecule has 1 aromatic carbocycles. The largest absolute Gasteiger partial charge is 0.497 e. The van der Waals surface area contributed by atoms with E-state index in [1.54, 1.807) is 25.6 Å². The van der Waals surface area contributed by atoms with Crippen molar-refractivity contribution in [3.05, 3.63) is 64.0 Å². The van der Waals surface area contributed by atoms with Crippen LogP contribution in [0.4, 0.5) is 0 Å². The summed E-state index contributed by atoms with van der Waals surface area (Å²) >= 11 is 3.44. The number of hydrogen-bond donors (Lipinski definition) is 1. The van der Waals surface area contributed by atoms with Crippen molar-refractivity contribution < 1.29 is 9.53 Å². The molecule has 4 rings (SSSR count). The van der Waals surface area contributed by atoms with Crippen LogP contribution in [0.2, 0.25) is 0 Å². The van der Waals surface area contributed by atoms with Gasteiger partial charge in [-0.1, -0.05) is 0 Å². The van der Waals surface area contributed by atoms with Crippen LogP contribution in [0.1, 0.15) is 34.5 Å². The molecule has 0 radical (unpaired) electrons. The zero-order valence-electron chi connectivity index (χ0n) is 16.3. The summed E-state index contributed by atoms with van der Waals surface area (Å²) in [6.07, 6.45) is 8.06. The fourth-order valence-electron chi connectivity index (χ4n) is 3.77. The van der Waals surface area contributed by atoms with E-state index < -0.39 is 0 Å². The summed E-state index contributed by atoms with van der Waals surface area (Å²) in [7, 11) is 1.59. The van der Waals surface area contributed by atoms with Crippen LogP contribution in [0, 0.1) is 0 Å². The minimum absolute atomic E-state index is 0.133. The lowest BCUT2D eigenvalue weighted by Gasteiger charge is -2.15. The molecule has 150 valence electrons. The smallest absolute Gasteiger partial charge is 0.252 e. The molecule has 1 N–H and O–H groups in total. The Morgan fingerprint density at radius 3 is 2.79 bits per heavy atom. The lowest BCUT2D eigenvalue weighted by atomic mass is 9.94. The monoisotopic (exact) mass is 454 g/mol. The van der Waals surface area contributed by atoms with Crippen LogP contribution in [0.25, 0.3) is 11.3 Å². The molecular weight excluding hydrogens is 432 g/mol. The van der Waals surface area contributed by atoms with Crippen LogP contribution in [0.3, 0.4) is 0 Å². The van der Waals surface area contributed by atoms with Crippen LogP contribution in [0.5, 0.6) is 5.75 Å². The first-order valence-electron chi connectivity index (χ1n) is 9.78. The first-order chi connectivity index (χ1) is 14.2. The molecule has 0 bridgehead atoms. The van der Waals surface area contributed by atoms with E-state index in [0.717, 1.165) is 28.6 Å². The Morgan fingerprint density at radius 1 is 1.21 bits per heavy atom. The molecule has 0 saturated carbocycles. The number of hydrogen-bond acceptors (Lipinski definition) is 4. The van der Waals surface area contributed by atoms with E-state index in [-0.39, 0.29) is 5.91 Å². The molecule has 3 aromatic rings. The lowest BCUT2D eigenvalue weighted by Crippen LogP contribution is -2.28. The maximum atomic E-state index is 12.6. The SMILES string of the molecule is COc1ccc(Br)c(C(=O)NCCn2nc(-c3ccncc3)c3c2CCCC3)c1. The van der Waals surface area contributed by atoms with Crippen LogP contribution in [-0.4, -0.2) is 34.3 Å². The number of carbonyl (C=O) groups excluding carboxylic acids is 1. The van der Waals surface area contributed by atoms with Crippen molar-refractivity contribution in [1.29, 1.82) is 0 Å². The first kappa shape index (κ1) is 19.6. The van der Waals surface area contributed by atoms with Crippen molar-refractivity contribution in [2.75, 3.05) is 13.7 Å². The zero-order chi connectivity index (χ0) is 20.2. The highest BCUT2D eigenvalue weighted by Gasteiger charge is 2.21. The number of pyridine rings is 1. The Kier molecular flexibility index (Phi) is 5.94. The van der Waals surface area contributed by atoms with Gasteiger partial charge >= 0.3 is 0 Å². The predicted molar refractivity (Wildman–Crippen MR) is 115 cm³/mol. The average molecular weight is 455 g/mol. The molecule has 0 fully saturated rings. The fourth-order valence-corrected chi connectivity index (χ4v) is 4.20. The van der Waals surface area contributed by atoms with Gasteiger partial charge in [-0.15, -0.1) is 0 Å². The van der Waals surface area contributed by atoms with Crippen molar-refractivity contribution >= 4 is 21.8 Å². The van der Waals surface area contributed by atoms with Crippen molar-refractivity contribution in [1.82, 2.24) is 20.1 Å². The number of nitrogens with zero attached hydrogens (tertiary/aromatic N) is 3. The second-order valence-corrected chi connectivity index (χ2v) is 7.90. The van der Waals surface area contributed by atoms with Crippen molar-refractivity contribution in [2.45, 2.75) is 32.2 Å². The summed E-state index contributed by atoms with van der Waals surface area (Å²) in [6.45, 7) is 1.15. The van der Waals surface area contributed by atoms with Gasteiger partial charge < -0.3 is 10.1 Å². The third-order valence-corrected chi connectivity index (χ3v) is 5.93. The lowest BCUT2D eigenvalue weighted by molar-refractivity contribution is 0.0950. The summed E-state index contributed by atoms with van der Waals surface area (Å²) in [4.78, 5) is 16.7. The summed E-state index contributed by atoms with van der Waals surface area (Å²) in [6, 6.07) is 9.38. The third-order valence-electron chi connectivity index (χ3n) is 5.24. The molecule has 2 aromatic heterocycles. The summed E-state index contributed by atoms with van der Waals surface area (Å²) in [5, 5.41) is 7.89. The van der Waals surface area contributed by atoms with Gasteiger partial charge in [0.25, 0.3) is 5.91 Å². The Labute approximate surface area is 178 Å². The Hall–Kier alpha value is -2.67. The number of benzene rings is 1.